The standard InChI is InChI=1S/C15H28N2O3/c1-3-17(11-12(2)14(18)19)15(20)16-10-6-9-13-7-4-5-8-13/h12-13H,3-11H2,1-2H3,(H,16,20)(H,18,19). The van der Waals surface area contributed by atoms with Gasteiger partial charge in [-0.3, -0.25) is 4.79 Å². The summed E-state index contributed by atoms with van der Waals surface area (Å²) in [4.78, 5) is 24.3. The molecule has 116 valence electrons. The smallest absolute Gasteiger partial charge is 0.317 e. The number of carbonyl (C=O) groups excluding carboxylic acids is 1. The molecule has 2 amide bonds. The van der Waals surface area contributed by atoms with Gasteiger partial charge in [-0.25, -0.2) is 4.79 Å². The highest BCUT2D eigenvalue weighted by Crippen LogP contribution is 2.28. The van der Waals surface area contributed by atoms with Crippen LogP contribution >= 0.6 is 0 Å². The molecular formula is C15H28N2O3. The molecule has 0 spiro atoms. The molecule has 2 N–H and O–H groups in total. The highest BCUT2D eigenvalue weighted by molar-refractivity contribution is 5.75. The second kappa shape index (κ2) is 8.82. The van der Waals surface area contributed by atoms with Crippen molar-refractivity contribution in [2.75, 3.05) is 19.6 Å². The number of amides is 2. The molecule has 0 aromatic rings. The number of carboxylic acid groups (broad SMARTS) is 1. The lowest BCUT2D eigenvalue weighted by Gasteiger charge is -2.23. The summed E-state index contributed by atoms with van der Waals surface area (Å²) < 4.78 is 0. The number of carbonyl (C=O) groups is 2. The molecule has 1 saturated carbocycles. The van der Waals surface area contributed by atoms with E-state index in [0.717, 1.165) is 12.3 Å². The maximum absolute atomic E-state index is 12.0. The lowest BCUT2D eigenvalue weighted by molar-refractivity contribution is -0.141. The predicted octanol–water partition coefficient (Wildman–Crippen LogP) is 2.71. The van der Waals surface area contributed by atoms with Crippen molar-refractivity contribution in [1.82, 2.24) is 10.2 Å². The Bertz CT molecular complexity index is 314. The summed E-state index contributed by atoms with van der Waals surface area (Å²) in [5.41, 5.74) is 0. The van der Waals surface area contributed by atoms with Crippen molar-refractivity contribution in [3.8, 4) is 0 Å². The van der Waals surface area contributed by atoms with E-state index in [2.05, 4.69) is 5.32 Å². The summed E-state index contributed by atoms with van der Waals surface area (Å²) in [7, 11) is 0. The van der Waals surface area contributed by atoms with Crippen LogP contribution in [0.25, 0.3) is 0 Å². The van der Waals surface area contributed by atoms with Crippen molar-refractivity contribution < 1.29 is 14.7 Å². The topological polar surface area (TPSA) is 69.6 Å². The number of aliphatic carboxylic acids is 1. The first-order valence-electron chi connectivity index (χ1n) is 7.80. The average Bonchev–Trinajstić information content (AvgIpc) is 2.93. The van der Waals surface area contributed by atoms with E-state index in [1.54, 1.807) is 11.8 Å². The monoisotopic (exact) mass is 284 g/mol. The summed E-state index contributed by atoms with van der Waals surface area (Å²) in [6.07, 6.45) is 7.60. The van der Waals surface area contributed by atoms with Crippen molar-refractivity contribution in [3.63, 3.8) is 0 Å². The molecule has 1 unspecified atom stereocenters. The summed E-state index contributed by atoms with van der Waals surface area (Å²) in [5.74, 6) is -0.544. The SMILES string of the molecule is CCN(CC(C)C(=O)O)C(=O)NCCCC1CCCC1. The molecule has 5 heteroatoms. The molecule has 1 atom stereocenters. The van der Waals surface area contributed by atoms with Crippen LogP contribution in [-0.4, -0.2) is 41.6 Å². The largest absolute Gasteiger partial charge is 0.481 e. The third kappa shape index (κ3) is 5.80. The van der Waals surface area contributed by atoms with Crippen LogP contribution < -0.4 is 5.32 Å². The average molecular weight is 284 g/mol. The number of nitrogens with zero attached hydrogens (tertiary/aromatic N) is 1. The lowest BCUT2D eigenvalue weighted by atomic mass is 10.0. The van der Waals surface area contributed by atoms with Gasteiger partial charge in [0.05, 0.1) is 5.92 Å². The number of urea groups is 1. The minimum Gasteiger partial charge on any atom is -0.481 e. The number of nitrogens with one attached hydrogen (secondary N) is 1. The fourth-order valence-electron chi connectivity index (χ4n) is 2.76. The first-order chi connectivity index (χ1) is 9.54. The number of rotatable bonds is 8. The van der Waals surface area contributed by atoms with Crippen LogP contribution in [0.2, 0.25) is 0 Å². The van der Waals surface area contributed by atoms with Gasteiger partial charge in [0.2, 0.25) is 0 Å². The van der Waals surface area contributed by atoms with Gasteiger partial charge in [-0.05, 0) is 25.7 Å². The van der Waals surface area contributed by atoms with Gasteiger partial charge in [0.25, 0.3) is 0 Å². The van der Waals surface area contributed by atoms with Crippen LogP contribution in [0.15, 0.2) is 0 Å². The Morgan fingerprint density at radius 2 is 2.00 bits per heavy atom. The maximum Gasteiger partial charge on any atom is 0.317 e. The zero-order valence-corrected chi connectivity index (χ0v) is 12.7. The van der Waals surface area contributed by atoms with Crippen LogP contribution in [0, 0.1) is 11.8 Å². The summed E-state index contributed by atoms with van der Waals surface area (Å²) in [5, 5.41) is 11.8. The Kier molecular flexibility index (Phi) is 7.41. The Morgan fingerprint density at radius 1 is 1.35 bits per heavy atom. The summed E-state index contributed by atoms with van der Waals surface area (Å²) in [6.45, 7) is 4.98. The van der Waals surface area contributed by atoms with Gasteiger partial charge >= 0.3 is 12.0 Å². The van der Waals surface area contributed by atoms with E-state index in [0.29, 0.717) is 13.1 Å². The fraction of sp³-hybridized carbons (Fsp3) is 0.867. The Morgan fingerprint density at radius 3 is 2.55 bits per heavy atom. The van der Waals surface area contributed by atoms with Crippen LogP contribution in [0.4, 0.5) is 4.79 Å². The van der Waals surface area contributed by atoms with Crippen molar-refractivity contribution in [3.05, 3.63) is 0 Å². The summed E-state index contributed by atoms with van der Waals surface area (Å²) >= 11 is 0. The van der Waals surface area contributed by atoms with E-state index in [4.69, 9.17) is 5.11 Å². The van der Waals surface area contributed by atoms with Gasteiger partial charge < -0.3 is 15.3 Å². The minimum absolute atomic E-state index is 0.146. The molecular weight excluding hydrogens is 256 g/mol. The highest BCUT2D eigenvalue weighted by atomic mass is 16.4. The molecule has 5 nitrogen and oxygen atoms in total. The van der Waals surface area contributed by atoms with Crippen LogP contribution in [0.3, 0.4) is 0 Å². The predicted molar refractivity (Wildman–Crippen MR) is 78.6 cm³/mol. The quantitative estimate of drug-likeness (QED) is 0.673. The van der Waals surface area contributed by atoms with Crippen LogP contribution in [0.5, 0.6) is 0 Å². The number of hydrogen-bond donors (Lipinski definition) is 2. The van der Waals surface area contributed by atoms with Gasteiger partial charge in [0, 0.05) is 19.6 Å². The molecule has 0 saturated heterocycles. The Balaban J connectivity index is 2.19. The first kappa shape index (κ1) is 16.8. The van der Waals surface area contributed by atoms with Crippen molar-refractivity contribution >= 4 is 12.0 Å². The normalized spacial score (nSPS) is 16.9. The molecule has 1 aliphatic carbocycles. The molecule has 0 bridgehead atoms. The second-order valence-electron chi connectivity index (χ2n) is 5.80. The Labute approximate surface area is 121 Å². The van der Waals surface area contributed by atoms with Crippen LogP contribution in [0.1, 0.15) is 52.4 Å². The maximum atomic E-state index is 12.0. The second-order valence-corrected chi connectivity index (χ2v) is 5.80. The van der Waals surface area contributed by atoms with E-state index in [9.17, 15) is 9.59 Å². The molecule has 1 aliphatic rings. The summed E-state index contributed by atoms with van der Waals surface area (Å²) in [6, 6.07) is -0.146. The molecule has 20 heavy (non-hydrogen) atoms. The molecule has 0 heterocycles. The van der Waals surface area contributed by atoms with Crippen LogP contribution in [-0.2, 0) is 4.79 Å². The molecule has 0 radical (unpaired) electrons. The van der Waals surface area contributed by atoms with Crippen molar-refractivity contribution in [1.29, 1.82) is 0 Å². The van der Waals surface area contributed by atoms with Gasteiger partial charge in [-0.2, -0.15) is 0 Å². The molecule has 1 fully saturated rings. The number of carboxylic acids is 1. The molecule has 1 rings (SSSR count). The zero-order chi connectivity index (χ0) is 15.0. The van der Waals surface area contributed by atoms with Gasteiger partial charge in [-0.1, -0.05) is 32.6 Å². The van der Waals surface area contributed by atoms with E-state index < -0.39 is 11.9 Å². The van der Waals surface area contributed by atoms with E-state index in [1.807, 2.05) is 6.92 Å². The molecule has 0 aliphatic heterocycles. The van der Waals surface area contributed by atoms with E-state index in [1.165, 1.54) is 32.1 Å². The zero-order valence-electron chi connectivity index (χ0n) is 12.7. The lowest BCUT2D eigenvalue weighted by Crippen LogP contribution is -2.43. The van der Waals surface area contributed by atoms with E-state index in [-0.39, 0.29) is 12.6 Å². The van der Waals surface area contributed by atoms with Crippen molar-refractivity contribution in [2.45, 2.75) is 52.4 Å². The molecule has 0 aromatic carbocycles. The number of hydrogen-bond acceptors (Lipinski definition) is 2. The van der Waals surface area contributed by atoms with Gasteiger partial charge in [0.15, 0.2) is 0 Å². The Hall–Kier alpha value is -1.26. The minimum atomic E-state index is -0.863. The first-order valence-corrected chi connectivity index (χ1v) is 7.80. The highest BCUT2D eigenvalue weighted by Gasteiger charge is 2.19. The molecule has 0 aromatic heterocycles. The van der Waals surface area contributed by atoms with Gasteiger partial charge in [0.1, 0.15) is 0 Å². The van der Waals surface area contributed by atoms with Gasteiger partial charge in [-0.15, -0.1) is 0 Å². The van der Waals surface area contributed by atoms with Crippen molar-refractivity contribution in [2.24, 2.45) is 11.8 Å². The van der Waals surface area contributed by atoms with E-state index >= 15 is 0 Å². The fourth-order valence-corrected chi connectivity index (χ4v) is 2.76. The third-order valence-corrected chi connectivity index (χ3v) is 4.12. The third-order valence-electron chi connectivity index (χ3n) is 4.12.